The van der Waals surface area contributed by atoms with Crippen molar-refractivity contribution in [3.8, 4) is 0 Å². The van der Waals surface area contributed by atoms with Crippen LogP contribution in [0.3, 0.4) is 0 Å². The Labute approximate surface area is 130 Å². The molecule has 2 nitrogen and oxygen atoms in total. The third kappa shape index (κ3) is 5.29. The van der Waals surface area contributed by atoms with Crippen LogP contribution in [0.25, 0.3) is 0 Å². The van der Waals surface area contributed by atoms with E-state index in [1.807, 2.05) is 6.07 Å². The third-order valence-corrected chi connectivity index (χ3v) is 4.41. The highest BCUT2D eigenvalue weighted by atomic mass is 19.4. The standard InChI is InChI=1S/C17H25F3N2/c18-17(19,20)16-5-3-4-15(13-16)12-14-6-10-22(11-7-14)9-2-1-8-21/h3-5,13-14H,1-2,6-12,21H2. The molecule has 0 saturated carbocycles. The lowest BCUT2D eigenvalue weighted by atomic mass is 9.89. The van der Waals surface area contributed by atoms with Gasteiger partial charge in [-0.3, -0.25) is 0 Å². The molecule has 1 aromatic carbocycles. The van der Waals surface area contributed by atoms with E-state index in [0.29, 0.717) is 5.92 Å². The molecule has 1 aromatic rings. The Bertz CT molecular complexity index is 451. The van der Waals surface area contributed by atoms with E-state index in [1.54, 1.807) is 0 Å². The fourth-order valence-corrected chi connectivity index (χ4v) is 3.10. The van der Waals surface area contributed by atoms with E-state index < -0.39 is 11.7 Å². The summed E-state index contributed by atoms with van der Waals surface area (Å²) in [6.45, 7) is 3.93. The van der Waals surface area contributed by atoms with Crippen LogP contribution in [0.2, 0.25) is 0 Å². The lowest BCUT2D eigenvalue weighted by Crippen LogP contribution is -2.35. The largest absolute Gasteiger partial charge is 0.416 e. The third-order valence-electron chi connectivity index (χ3n) is 4.41. The molecular formula is C17H25F3N2. The van der Waals surface area contributed by atoms with E-state index in [-0.39, 0.29) is 0 Å². The number of likely N-dealkylation sites (tertiary alicyclic amines) is 1. The van der Waals surface area contributed by atoms with Gasteiger partial charge in [-0.25, -0.2) is 0 Å². The first-order valence-electron chi connectivity index (χ1n) is 8.07. The molecule has 2 rings (SSSR count). The minimum Gasteiger partial charge on any atom is -0.330 e. The summed E-state index contributed by atoms with van der Waals surface area (Å²) >= 11 is 0. The predicted octanol–water partition coefficient (Wildman–Crippen LogP) is 3.70. The van der Waals surface area contributed by atoms with Gasteiger partial charge in [-0.15, -0.1) is 0 Å². The maximum atomic E-state index is 12.7. The molecule has 0 aliphatic carbocycles. The Hall–Kier alpha value is -1.07. The SMILES string of the molecule is NCCCCN1CCC(Cc2cccc(C(F)(F)F)c2)CC1. The highest BCUT2D eigenvalue weighted by molar-refractivity contribution is 5.26. The van der Waals surface area contributed by atoms with E-state index >= 15 is 0 Å². The van der Waals surface area contributed by atoms with Crippen molar-refractivity contribution in [2.24, 2.45) is 11.7 Å². The smallest absolute Gasteiger partial charge is 0.330 e. The van der Waals surface area contributed by atoms with Crippen LogP contribution in [0, 0.1) is 5.92 Å². The minimum atomic E-state index is -4.25. The van der Waals surface area contributed by atoms with Gasteiger partial charge >= 0.3 is 6.18 Å². The second kappa shape index (κ2) is 7.97. The molecule has 5 heteroatoms. The van der Waals surface area contributed by atoms with E-state index in [2.05, 4.69) is 4.90 Å². The number of benzene rings is 1. The molecule has 1 heterocycles. The molecule has 1 aliphatic rings. The Morgan fingerprint density at radius 2 is 1.86 bits per heavy atom. The lowest BCUT2D eigenvalue weighted by Gasteiger charge is -2.32. The van der Waals surface area contributed by atoms with Crippen molar-refractivity contribution < 1.29 is 13.2 Å². The van der Waals surface area contributed by atoms with Gasteiger partial charge in [0.2, 0.25) is 0 Å². The summed E-state index contributed by atoms with van der Waals surface area (Å²) in [5.41, 5.74) is 5.76. The zero-order valence-electron chi connectivity index (χ0n) is 12.9. The molecule has 0 aromatic heterocycles. The average molecular weight is 314 g/mol. The number of unbranched alkanes of at least 4 members (excludes halogenated alkanes) is 1. The van der Waals surface area contributed by atoms with Gasteiger partial charge < -0.3 is 10.6 Å². The van der Waals surface area contributed by atoms with Crippen molar-refractivity contribution in [2.45, 2.75) is 38.3 Å². The molecule has 1 fully saturated rings. The first-order valence-corrected chi connectivity index (χ1v) is 8.07. The molecular weight excluding hydrogens is 289 g/mol. The average Bonchev–Trinajstić information content (AvgIpc) is 2.49. The van der Waals surface area contributed by atoms with Crippen molar-refractivity contribution in [2.75, 3.05) is 26.2 Å². The summed E-state index contributed by atoms with van der Waals surface area (Å²) < 4.78 is 38.2. The van der Waals surface area contributed by atoms with Crippen LogP contribution in [0.1, 0.15) is 36.8 Å². The molecule has 0 atom stereocenters. The predicted molar refractivity (Wildman–Crippen MR) is 82.6 cm³/mol. The topological polar surface area (TPSA) is 29.3 Å². The normalized spacial score (nSPS) is 17.8. The van der Waals surface area contributed by atoms with E-state index in [0.717, 1.165) is 69.9 Å². The van der Waals surface area contributed by atoms with Crippen molar-refractivity contribution in [1.29, 1.82) is 0 Å². The zero-order valence-corrected chi connectivity index (χ0v) is 12.9. The van der Waals surface area contributed by atoms with E-state index in [9.17, 15) is 13.2 Å². The van der Waals surface area contributed by atoms with E-state index in [1.165, 1.54) is 12.1 Å². The number of nitrogens with zero attached hydrogens (tertiary/aromatic N) is 1. The molecule has 0 unspecified atom stereocenters. The molecule has 0 radical (unpaired) electrons. The second-order valence-corrected chi connectivity index (χ2v) is 6.18. The molecule has 1 saturated heterocycles. The lowest BCUT2D eigenvalue weighted by molar-refractivity contribution is -0.137. The highest BCUT2D eigenvalue weighted by Crippen LogP contribution is 2.30. The summed E-state index contributed by atoms with van der Waals surface area (Å²) in [6, 6.07) is 5.76. The first-order chi connectivity index (χ1) is 10.5. The summed E-state index contributed by atoms with van der Waals surface area (Å²) in [4.78, 5) is 2.44. The summed E-state index contributed by atoms with van der Waals surface area (Å²) in [5, 5.41) is 0. The molecule has 0 amide bonds. The molecule has 124 valence electrons. The van der Waals surface area contributed by atoms with Gasteiger partial charge in [0.25, 0.3) is 0 Å². The monoisotopic (exact) mass is 314 g/mol. The van der Waals surface area contributed by atoms with Crippen LogP contribution < -0.4 is 5.73 Å². The molecule has 22 heavy (non-hydrogen) atoms. The number of rotatable bonds is 6. The zero-order chi connectivity index (χ0) is 16.0. The fourth-order valence-electron chi connectivity index (χ4n) is 3.10. The maximum Gasteiger partial charge on any atom is 0.416 e. The van der Waals surface area contributed by atoms with Gasteiger partial charge in [-0.1, -0.05) is 18.2 Å². The highest BCUT2D eigenvalue weighted by Gasteiger charge is 2.30. The van der Waals surface area contributed by atoms with Crippen LogP contribution in [-0.4, -0.2) is 31.1 Å². The van der Waals surface area contributed by atoms with Crippen LogP contribution >= 0.6 is 0 Å². The Morgan fingerprint density at radius 1 is 1.14 bits per heavy atom. The fraction of sp³-hybridized carbons (Fsp3) is 0.647. The quantitative estimate of drug-likeness (QED) is 0.811. The second-order valence-electron chi connectivity index (χ2n) is 6.18. The maximum absolute atomic E-state index is 12.7. The van der Waals surface area contributed by atoms with Gasteiger partial charge in [0.05, 0.1) is 5.56 Å². The number of nitrogens with two attached hydrogens (primary N) is 1. The number of piperidine rings is 1. The number of alkyl halides is 3. The van der Waals surface area contributed by atoms with Gasteiger partial charge in [0.1, 0.15) is 0 Å². The number of hydrogen-bond acceptors (Lipinski definition) is 2. The Kier molecular flexibility index (Phi) is 6.26. The van der Waals surface area contributed by atoms with Crippen molar-refractivity contribution in [3.05, 3.63) is 35.4 Å². The molecule has 2 N–H and O–H groups in total. The van der Waals surface area contributed by atoms with Gasteiger partial charge in [0, 0.05) is 0 Å². The van der Waals surface area contributed by atoms with Crippen molar-refractivity contribution >= 4 is 0 Å². The molecule has 0 spiro atoms. The van der Waals surface area contributed by atoms with Crippen LogP contribution in [0.15, 0.2) is 24.3 Å². The summed E-state index contributed by atoms with van der Waals surface area (Å²) in [5.74, 6) is 0.495. The van der Waals surface area contributed by atoms with Crippen LogP contribution in [0.5, 0.6) is 0 Å². The molecule has 0 bridgehead atoms. The van der Waals surface area contributed by atoms with Crippen LogP contribution in [-0.2, 0) is 12.6 Å². The number of hydrogen-bond donors (Lipinski definition) is 1. The Balaban J connectivity index is 1.81. The van der Waals surface area contributed by atoms with Gasteiger partial charge in [0.15, 0.2) is 0 Å². The minimum absolute atomic E-state index is 0.495. The Morgan fingerprint density at radius 3 is 2.50 bits per heavy atom. The van der Waals surface area contributed by atoms with Gasteiger partial charge in [-0.05, 0) is 75.8 Å². The first kappa shape index (κ1) is 17.3. The van der Waals surface area contributed by atoms with E-state index in [4.69, 9.17) is 5.73 Å². The van der Waals surface area contributed by atoms with Crippen molar-refractivity contribution in [3.63, 3.8) is 0 Å². The summed E-state index contributed by atoms with van der Waals surface area (Å²) in [7, 11) is 0. The number of halogens is 3. The van der Waals surface area contributed by atoms with Crippen LogP contribution in [0.4, 0.5) is 13.2 Å². The van der Waals surface area contributed by atoms with Gasteiger partial charge in [-0.2, -0.15) is 13.2 Å². The van der Waals surface area contributed by atoms with Crippen molar-refractivity contribution in [1.82, 2.24) is 4.90 Å². The summed E-state index contributed by atoms with van der Waals surface area (Å²) in [6.07, 6.45) is 0.833. The molecule has 1 aliphatic heterocycles.